The second-order valence-corrected chi connectivity index (χ2v) is 7.19. The Kier molecular flexibility index (Phi) is 5.33. The van der Waals surface area contributed by atoms with Crippen LogP contribution in [0.3, 0.4) is 0 Å². The number of hydrogen-bond acceptors (Lipinski definition) is 4. The third-order valence-electron chi connectivity index (χ3n) is 5.10. The van der Waals surface area contributed by atoms with E-state index < -0.39 is 12.1 Å². The SMILES string of the molecule is COc1cc(Cl)c(NC(=O)OCC2c3ccccc3-c3ccccc32)c(C(=O)O)c1. The highest BCUT2D eigenvalue weighted by molar-refractivity contribution is 6.34. The highest BCUT2D eigenvalue weighted by Crippen LogP contribution is 2.44. The number of amides is 1. The molecule has 3 aromatic carbocycles. The van der Waals surface area contributed by atoms with E-state index in [0.717, 1.165) is 22.3 Å². The van der Waals surface area contributed by atoms with Gasteiger partial charge in [-0.1, -0.05) is 60.1 Å². The lowest BCUT2D eigenvalue weighted by Crippen LogP contribution is -2.19. The van der Waals surface area contributed by atoms with E-state index in [9.17, 15) is 14.7 Å². The van der Waals surface area contributed by atoms with Crippen LogP contribution in [0.5, 0.6) is 5.75 Å². The number of methoxy groups -OCH3 is 1. The van der Waals surface area contributed by atoms with Gasteiger partial charge < -0.3 is 14.6 Å². The first-order chi connectivity index (χ1) is 14.5. The van der Waals surface area contributed by atoms with Crippen molar-refractivity contribution in [2.24, 2.45) is 0 Å². The number of carboxylic acid groups (broad SMARTS) is 1. The molecule has 0 aliphatic heterocycles. The van der Waals surface area contributed by atoms with Crippen LogP contribution in [0.1, 0.15) is 27.4 Å². The number of rotatable bonds is 5. The van der Waals surface area contributed by atoms with Gasteiger partial charge in [0.1, 0.15) is 12.4 Å². The molecule has 1 aliphatic carbocycles. The molecule has 0 fully saturated rings. The predicted molar refractivity (Wildman–Crippen MR) is 114 cm³/mol. The molecule has 0 atom stereocenters. The second kappa shape index (κ2) is 8.08. The fourth-order valence-corrected chi connectivity index (χ4v) is 3.99. The molecule has 2 N–H and O–H groups in total. The van der Waals surface area contributed by atoms with Crippen LogP contribution in [0.4, 0.5) is 10.5 Å². The third-order valence-corrected chi connectivity index (χ3v) is 5.40. The summed E-state index contributed by atoms with van der Waals surface area (Å²) >= 11 is 6.15. The maximum Gasteiger partial charge on any atom is 0.411 e. The minimum absolute atomic E-state index is 0.0396. The molecule has 0 bridgehead atoms. The van der Waals surface area contributed by atoms with Crippen molar-refractivity contribution >= 4 is 29.4 Å². The van der Waals surface area contributed by atoms with E-state index in [1.165, 1.54) is 19.2 Å². The number of benzene rings is 3. The van der Waals surface area contributed by atoms with Gasteiger partial charge in [-0.25, -0.2) is 9.59 Å². The van der Waals surface area contributed by atoms with Gasteiger partial charge >= 0.3 is 12.1 Å². The van der Waals surface area contributed by atoms with Crippen LogP contribution in [0, 0.1) is 0 Å². The molecule has 1 aliphatic rings. The van der Waals surface area contributed by atoms with Crippen molar-refractivity contribution in [1.82, 2.24) is 0 Å². The quantitative estimate of drug-likeness (QED) is 0.573. The molecule has 0 saturated carbocycles. The molecule has 4 rings (SSSR count). The van der Waals surface area contributed by atoms with Gasteiger partial charge in [0.15, 0.2) is 0 Å². The molecule has 152 valence electrons. The molecule has 0 radical (unpaired) electrons. The van der Waals surface area contributed by atoms with E-state index >= 15 is 0 Å². The van der Waals surface area contributed by atoms with Gasteiger partial charge in [0, 0.05) is 12.0 Å². The summed E-state index contributed by atoms with van der Waals surface area (Å²) in [5.41, 5.74) is 4.18. The van der Waals surface area contributed by atoms with Crippen LogP contribution in [0.25, 0.3) is 11.1 Å². The highest BCUT2D eigenvalue weighted by atomic mass is 35.5. The summed E-state index contributed by atoms with van der Waals surface area (Å²) in [6.07, 6.45) is -0.786. The van der Waals surface area contributed by atoms with Crippen molar-refractivity contribution in [3.63, 3.8) is 0 Å². The van der Waals surface area contributed by atoms with Crippen LogP contribution in [0.2, 0.25) is 5.02 Å². The molecule has 1 amide bonds. The van der Waals surface area contributed by atoms with Gasteiger partial charge in [-0.3, -0.25) is 5.32 Å². The van der Waals surface area contributed by atoms with Gasteiger partial charge in [-0.2, -0.15) is 0 Å². The Morgan fingerprint density at radius 3 is 2.20 bits per heavy atom. The Hall–Kier alpha value is -3.51. The monoisotopic (exact) mass is 423 g/mol. The fraction of sp³-hybridized carbons (Fsp3) is 0.130. The Balaban J connectivity index is 1.54. The normalized spacial score (nSPS) is 12.1. The standard InChI is InChI=1S/C23H18ClNO5/c1-29-13-10-18(22(26)27)21(20(24)11-13)25-23(28)30-12-19-16-8-4-2-6-14(16)15-7-3-5-9-17(15)19/h2-11,19H,12H2,1H3,(H,25,28)(H,26,27). The zero-order valence-corrected chi connectivity index (χ0v) is 16.8. The smallest absolute Gasteiger partial charge is 0.411 e. The molecule has 30 heavy (non-hydrogen) atoms. The first kappa shape index (κ1) is 19.8. The Labute approximate surface area is 178 Å². The number of hydrogen-bond donors (Lipinski definition) is 2. The fourth-order valence-electron chi connectivity index (χ4n) is 3.73. The summed E-state index contributed by atoms with van der Waals surface area (Å²) in [6.45, 7) is 0.107. The van der Waals surface area contributed by atoms with E-state index in [-0.39, 0.29) is 34.5 Å². The molecular formula is C23H18ClNO5. The Morgan fingerprint density at radius 2 is 1.63 bits per heavy atom. The summed E-state index contributed by atoms with van der Waals surface area (Å²) in [6, 6.07) is 18.7. The maximum absolute atomic E-state index is 12.5. The summed E-state index contributed by atoms with van der Waals surface area (Å²) in [5, 5.41) is 11.9. The topological polar surface area (TPSA) is 84.9 Å². The summed E-state index contributed by atoms with van der Waals surface area (Å²) < 4.78 is 10.5. The number of carboxylic acids is 1. The summed E-state index contributed by atoms with van der Waals surface area (Å²) in [4.78, 5) is 24.0. The molecule has 6 nitrogen and oxygen atoms in total. The van der Waals surface area contributed by atoms with E-state index in [4.69, 9.17) is 21.1 Å². The number of fused-ring (bicyclic) bond motifs is 3. The second-order valence-electron chi connectivity index (χ2n) is 6.79. The van der Waals surface area contributed by atoms with E-state index in [1.54, 1.807) is 0 Å². The van der Waals surface area contributed by atoms with Gasteiger partial charge in [0.25, 0.3) is 0 Å². The molecule has 0 heterocycles. The van der Waals surface area contributed by atoms with Crippen molar-refractivity contribution in [2.75, 3.05) is 19.0 Å². The number of anilines is 1. The van der Waals surface area contributed by atoms with Crippen molar-refractivity contribution in [3.8, 4) is 16.9 Å². The molecule has 0 aromatic heterocycles. The van der Waals surface area contributed by atoms with Crippen LogP contribution in [-0.4, -0.2) is 30.9 Å². The lowest BCUT2D eigenvalue weighted by molar-refractivity contribution is 0.0697. The average molecular weight is 424 g/mol. The molecule has 0 saturated heterocycles. The summed E-state index contributed by atoms with van der Waals surface area (Å²) in [7, 11) is 1.40. The molecule has 7 heteroatoms. The Morgan fingerprint density at radius 1 is 1.03 bits per heavy atom. The minimum atomic E-state index is -1.25. The number of carbonyl (C=O) groups is 2. The molecule has 3 aromatic rings. The van der Waals surface area contributed by atoms with Crippen LogP contribution in [0.15, 0.2) is 60.7 Å². The first-order valence-electron chi connectivity index (χ1n) is 9.22. The van der Waals surface area contributed by atoms with Crippen molar-refractivity contribution in [1.29, 1.82) is 0 Å². The largest absolute Gasteiger partial charge is 0.497 e. The molecule has 0 unspecified atom stereocenters. The van der Waals surface area contributed by atoms with Gasteiger partial charge in [0.2, 0.25) is 0 Å². The minimum Gasteiger partial charge on any atom is -0.497 e. The van der Waals surface area contributed by atoms with Crippen molar-refractivity contribution in [2.45, 2.75) is 5.92 Å². The number of halogens is 1. The predicted octanol–water partition coefficient (Wildman–Crippen LogP) is 5.41. The van der Waals surface area contributed by atoms with E-state index in [2.05, 4.69) is 5.32 Å². The van der Waals surface area contributed by atoms with Crippen LogP contribution in [-0.2, 0) is 4.74 Å². The lowest BCUT2D eigenvalue weighted by atomic mass is 9.98. The number of carbonyl (C=O) groups excluding carboxylic acids is 1. The van der Waals surface area contributed by atoms with E-state index in [1.807, 2.05) is 48.5 Å². The molecular weight excluding hydrogens is 406 g/mol. The van der Waals surface area contributed by atoms with Crippen LogP contribution < -0.4 is 10.1 Å². The van der Waals surface area contributed by atoms with Gasteiger partial charge in [0.05, 0.1) is 23.4 Å². The maximum atomic E-state index is 12.5. The highest BCUT2D eigenvalue weighted by Gasteiger charge is 2.29. The average Bonchev–Trinajstić information content (AvgIpc) is 3.07. The Bertz CT molecular complexity index is 1100. The summed E-state index contributed by atoms with van der Waals surface area (Å²) in [5.74, 6) is -1.08. The number of aromatic carboxylic acids is 1. The van der Waals surface area contributed by atoms with E-state index in [0.29, 0.717) is 0 Å². The van der Waals surface area contributed by atoms with Gasteiger partial charge in [-0.05, 0) is 28.3 Å². The zero-order chi connectivity index (χ0) is 21.3. The van der Waals surface area contributed by atoms with Crippen LogP contribution >= 0.6 is 11.6 Å². The number of nitrogens with one attached hydrogen (secondary N) is 1. The zero-order valence-electron chi connectivity index (χ0n) is 16.0. The van der Waals surface area contributed by atoms with Crippen molar-refractivity contribution in [3.05, 3.63) is 82.4 Å². The number of ether oxygens (including phenoxy) is 2. The molecule has 0 spiro atoms. The van der Waals surface area contributed by atoms with Crippen molar-refractivity contribution < 1.29 is 24.2 Å². The first-order valence-corrected chi connectivity index (χ1v) is 9.60. The third kappa shape index (κ3) is 3.57. The lowest BCUT2D eigenvalue weighted by Gasteiger charge is -2.16. The van der Waals surface area contributed by atoms with Gasteiger partial charge in [-0.15, -0.1) is 0 Å².